The predicted molar refractivity (Wildman–Crippen MR) is 132 cm³/mol. The van der Waals surface area contributed by atoms with Gasteiger partial charge < -0.3 is 8.83 Å². The molecule has 1 aliphatic heterocycles. The number of thioether (sulfide) groups is 1. The van der Waals surface area contributed by atoms with Gasteiger partial charge in [0.05, 0.1) is 29.2 Å². The van der Waals surface area contributed by atoms with Gasteiger partial charge in [0, 0.05) is 12.5 Å². The van der Waals surface area contributed by atoms with Crippen molar-refractivity contribution in [3.05, 3.63) is 82.9 Å². The molecule has 4 aromatic rings. The molecule has 9 heteroatoms. The number of carbonyl (C=O) groups excluding carboxylic acids is 1. The number of furan rings is 2. The molecule has 35 heavy (non-hydrogen) atoms. The molecule has 1 aromatic carbocycles. The van der Waals surface area contributed by atoms with E-state index >= 15 is 0 Å². The van der Waals surface area contributed by atoms with Gasteiger partial charge in [-0.15, -0.1) is 0 Å². The number of amides is 1. The van der Waals surface area contributed by atoms with Crippen molar-refractivity contribution in [2.45, 2.75) is 49.3 Å². The van der Waals surface area contributed by atoms with Crippen molar-refractivity contribution in [2.24, 2.45) is 5.10 Å². The molecular formula is C26H24N4O4S. The molecule has 1 aliphatic carbocycles. The van der Waals surface area contributed by atoms with Crippen LogP contribution in [0.1, 0.15) is 55.7 Å². The highest BCUT2D eigenvalue weighted by Gasteiger charge is 2.36. The highest BCUT2D eigenvalue weighted by molar-refractivity contribution is 7.99. The Hall–Kier alpha value is -3.59. The number of hydrogen-bond donors (Lipinski definition) is 0. The van der Waals surface area contributed by atoms with Crippen molar-refractivity contribution in [1.29, 1.82) is 0 Å². The number of fused-ring (bicyclic) bond motifs is 1. The van der Waals surface area contributed by atoms with Crippen LogP contribution in [-0.2, 0) is 4.79 Å². The minimum Gasteiger partial charge on any atom is -0.467 e. The first kappa shape index (κ1) is 21.9. The number of nitrogens with zero attached hydrogens (tertiary/aromatic N) is 4. The zero-order valence-electron chi connectivity index (χ0n) is 19.0. The second kappa shape index (κ2) is 9.22. The first-order chi connectivity index (χ1) is 17.2. The smallest absolute Gasteiger partial charge is 0.262 e. The van der Waals surface area contributed by atoms with Gasteiger partial charge in [-0.2, -0.15) is 5.10 Å². The van der Waals surface area contributed by atoms with Gasteiger partial charge in [0.1, 0.15) is 23.3 Å². The Morgan fingerprint density at radius 1 is 1.03 bits per heavy atom. The standard InChI is InChI=1S/C26H24N4O4S/c31-24(30-21(23-12-6-14-34-23)15-20(28-30)22-11-5-13-33-22)16-35-26-27-19-10-4-3-9-18(19)25(32)29(26)17-7-1-2-8-17/h3-6,9-14,17,21H,1-2,7-8,15-16H2. The molecule has 1 atom stereocenters. The van der Waals surface area contributed by atoms with Crippen molar-refractivity contribution >= 4 is 34.3 Å². The molecule has 1 fully saturated rings. The maximum absolute atomic E-state index is 13.4. The number of para-hydroxylation sites is 1. The second-order valence-electron chi connectivity index (χ2n) is 8.81. The Kier molecular flexibility index (Phi) is 5.77. The Bertz CT molecular complexity index is 1440. The summed E-state index contributed by atoms with van der Waals surface area (Å²) < 4.78 is 12.9. The fourth-order valence-corrected chi connectivity index (χ4v) is 5.86. The normalized spacial score (nSPS) is 18.5. The average molecular weight is 489 g/mol. The van der Waals surface area contributed by atoms with Crippen molar-refractivity contribution in [2.75, 3.05) is 5.75 Å². The van der Waals surface area contributed by atoms with Crippen LogP contribution in [-0.4, -0.2) is 31.9 Å². The summed E-state index contributed by atoms with van der Waals surface area (Å²) in [6, 6.07) is 14.4. The van der Waals surface area contributed by atoms with Gasteiger partial charge in [-0.1, -0.05) is 36.7 Å². The molecule has 3 aromatic heterocycles. The molecule has 0 N–H and O–H groups in total. The van der Waals surface area contributed by atoms with Crippen LogP contribution in [0.5, 0.6) is 0 Å². The van der Waals surface area contributed by atoms with Gasteiger partial charge in [0.15, 0.2) is 5.16 Å². The minimum absolute atomic E-state index is 0.0368. The first-order valence-electron chi connectivity index (χ1n) is 11.8. The van der Waals surface area contributed by atoms with E-state index in [0.717, 1.165) is 25.7 Å². The summed E-state index contributed by atoms with van der Waals surface area (Å²) in [7, 11) is 0. The number of rotatable bonds is 6. The fourth-order valence-electron chi connectivity index (χ4n) is 4.94. The van der Waals surface area contributed by atoms with Gasteiger partial charge in [-0.05, 0) is 49.2 Å². The van der Waals surface area contributed by atoms with Crippen LogP contribution in [0.4, 0.5) is 0 Å². The van der Waals surface area contributed by atoms with Crippen LogP contribution in [0.25, 0.3) is 10.9 Å². The molecule has 1 unspecified atom stereocenters. The summed E-state index contributed by atoms with van der Waals surface area (Å²) in [6.07, 6.45) is 7.77. The molecule has 1 amide bonds. The number of hydrazone groups is 1. The lowest BCUT2D eigenvalue weighted by molar-refractivity contribution is -0.130. The van der Waals surface area contributed by atoms with E-state index in [1.807, 2.05) is 36.4 Å². The Morgan fingerprint density at radius 2 is 1.83 bits per heavy atom. The first-order valence-corrected chi connectivity index (χ1v) is 12.8. The number of carbonyl (C=O) groups is 1. The average Bonchev–Trinajstić information content (AvgIpc) is 3.69. The van der Waals surface area contributed by atoms with Crippen LogP contribution in [0.15, 0.2) is 84.9 Å². The molecule has 1 saturated carbocycles. The van der Waals surface area contributed by atoms with Crippen molar-refractivity contribution in [1.82, 2.24) is 14.6 Å². The van der Waals surface area contributed by atoms with Gasteiger partial charge in [0.2, 0.25) is 0 Å². The van der Waals surface area contributed by atoms with Gasteiger partial charge >= 0.3 is 0 Å². The van der Waals surface area contributed by atoms with Crippen LogP contribution in [0.3, 0.4) is 0 Å². The molecule has 178 valence electrons. The van der Waals surface area contributed by atoms with Gasteiger partial charge in [-0.3, -0.25) is 14.2 Å². The third-order valence-corrected chi connectivity index (χ3v) is 7.57. The predicted octanol–water partition coefficient (Wildman–Crippen LogP) is 5.17. The van der Waals surface area contributed by atoms with Crippen LogP contribution in [0.2, 0.25) is 0 Å². The molecule has 6 rings (SSSR count). The van der Waals surface area contributed by atoms with E-state index in [2.05, 4.69) is 5.10 Å². The summed E-state index contributed by atoms with van der Waals surface area (Å²) in [5.74, 6) is 1.22. The van der Waals surface area contributed by atoms with Crippen LogP contribution < -0.4 is 5.56 Å². The SMILES string of the molecule is O=C(CSc1nc2ccccc2c(=O)n1C1CCCC1)N1N=C(c2ccco2)CC1c1ccco1. The summed E-state index contributed by atoms with van der Waals surface area (Å²) in [5.41, 5.74) is 1.31. The molecule has 4 heterocycles. The van der Waals surface area contributed by atoms with Crippen molar-refractivity contribution in [3.63, 3.8) is 0 Å². The molecule has 8 nitrogen and oxygen atoms in total. The highest BCUT2D eigenvalue weighted by Crippen LogP contribution is 2.35. The Morgan fingerprint density at radius 3 is 2.60 bits per heavy atom. The van der Waals surface area contributed by atoms with E-state index in [1.165, 1.54) is 16.8 Å². The largest absolute Gasteiger partial charge is 0.467 e. The highest BCUT2D eigenvalue weighted by atomic mass is 32.2. The van der Waals surface area contributed by atoms with E-state index in [-0.39, 0.29) is 29.3 Å². The monoisotopic (exact) mass is 488 g/mol. The zero-order chi connectivity index (χ0) is 23.8. The quantitative estimate of drug-likeness (QED) is 0.275. The van der Waals surface area contributed by atoms with E-state index in [1.54, 1.807) is 29.2 Å². The summed E-state index contributed by atoms with van der Waals surface area (Å²) in [6.45, 7) is 0. The molecule has 2 aliphatic rings. The van der Waals surface area contributed by atoms with Crippen LogP contribution >= 0.6 is 11.8 Å². The summed E-state index contributed by atoms with van der Waals surface area (Å²) in [5, 5.41) is 7.26. The third-order valence-electron chi connectivity index (χ3n) is 6.63. The van der Waals surface area contributed by atoms with Gasteiger partial charge in [0.25, 0.3) is 11.5 Å². The molecule has 0 spiro atoms. The lowest BCUT2D eigenvalue weighted by Crippen LogP contribution is -2.30. The van der Waals surface area contributed by atoms with E-state index < -0.39 is 0 Å². The maximum atomic E-state index is 13.4. The zero-order valence-corrected chi connectivity index (χ0v) is 19.8. The Labute approximate surface area is 205 Å². The second-order valence-corrected chi connectivity index (χ2v) is 9.75. The molecule has 0 saturated heterocycles. The Balaban J connectivity index is 1.30. The maximum Gasteiger partial charge on any atom is 0.262 e. The van der Waals surface area contributed by atoms with E-state index in [0.29, 0.717) is 39.7 Å². The lowest BCUT2D eigenvalue weighted by Gasteiger charge is -2.21. The molecule has 0 radical (unpaired) electrons. The van der Waals surface area contributed by atoms with Crippen LogP contribution in [0, 0.1) is 0 Å². The number of aromatic nitrogens is 2. The van der Waals surface area contributed by atoms with Gasteiger partial charge in [-0.25, -0.2) is 9.99 Å². The van der Waals surface area contributed by atoms with E-state index in [9.17, 15) is 9.59 Å². The molecular weight excluding hydrogens is 464 g/mol. The number of benzene rings is 1. The summed E-state index contributed by atoms with van der Waals surface area (Å²) >= 11 is 1.29. The number of hydrogen-bond acceptors (Lipinski definition) is 7. The third kappa shape index (κ3) is 4.10. The summed E-state index contributed by atoms with van der Waals surface area (Å²) in [4.78, 5) is 31.6. The van der Waals surface area contributed by atoms with Crippen molar-refractivity contribution < 1.29 is 13.6 Å². The molecule has 0 bridgehead atoms. The van der Waals surface area contributed by atoms with Crippen molar-refractivity contribution in [3.8, 4) is 0 Å². The fraction of sp³-hybridized carbons (Fsp3) is 0.308. The topological polar surface area (TPSA) is 93.8 Å². The lowest BCUT2D eigenvalue weighted by atomic mass is 10.1. The van der Waals surface area contributed by atoms with E-state index in [4.69, 9.17) is 13.8 Å². The minimum atomic E-state index is -0.347.